The van der Waals surface area contributed by atoms with E-state index >= 15 is 0 Å². The van der Waals surface area contributed by atoms with Gasteiger partial charge in [-0.1, -0.05) is 54.6 Å². The first-order valence-corrected chi connectivity index (χ1v) is 12.1. The molecule has 0 spiro atoms. The quantitative estimate of drug-likeness (QED) is 0.416. The first-order chi connectivity index (χ1) is 18.9. The van der Waals surface area contributed by atoms with Crippen LogP contribution in [0.15, 0.2) is 73.2 Å². The van der Waals surface area contributed by atoms with Crippen LogP contribution in [0.3, 0.4) is 0 Å². The van der Waals surface area contributed by atoms with Crippen molar-refractivity contribution in [3.63, 3.8) is 0 Å². The first kappa shape index (κ1) is 25.7. The molecule has 1 aromatic heterocycles. The molecular weight excluding hydrogens is 501 g/mol. The smallest absolute Gasteiger partial charge is 0.358 e. The molecule has 4 aromatic rings. The number of halogens is 1. The summed E-state index contributed by atoms with van der Waals surface area (Å²) in [5, 5.41) is 27.7. The second kappa shape index (κ2) is 10.8. The third-order valence-electron chi connectivity index (χ3n) is 6.73. The Kier molecular flexibility index (Phi) is 7.16. The first-order valence-electron chi connectivity index (χ1n) is 12.1. The summed E-state index contributed by atoms with van der Waals surface area (Å²) < 4.78 is 13.6. The van der Waals surface area contributed by atoms with Gasteiger partial charge in [0.05, 0.1) is 12.1 Å². The summed E-state index contributed by atoms with van der Waals surface area (Å²) in [4.78, 5) is 40.1. The molecule has 0 saturated heterocycles. The van der Waals surface area contributed by atoms with Crippen LogP contribution in [0.1, 0.15) is 44.3 Å². The molecule has 2 atom stereocenters. The number of hydrogen-bond donors (Lipinski definition) is 2. The number of carboxylic acids is 1. The zero-order valence-electron chi connectivity index (χ0n) is 20.5. The lowest BCUT2D eigenvalue weighted by Gasteiger charge is -2.28. The predicted octanol–water partition coefficient (Wildman–Crippen LogP) is 2.15. The Bertz CT molecular complexity index is 1810. The number of fused-ring (bicyclic) bond motifs is 4. The molecule has 0 fully saturated rings. The van der Waals surface area contributed by atoms with E-state index < -0.39 is 17.8 Å². The van der Waals surface area contributed by atoms with E-state index in [0.29, 0.717) is 23.1 Å². The number of nitrogens with zero attached hydrogens (tertiary/aromatic N) is 3. The highest BCUT2D eigenvalue weighted by Crippen LogP contribution is 2.34. The lowest BCUT2D eigenvalue weighted by atomic mass is 9.73. The number of benzene rings is 3. The van der Waals surface area contributed by atoms with Crippen molar-refractivity contribution in [1.29, 1.82) is 0 Å². The average molecular weight is 524 g/mol. The molecule has 0 bridgehead atoms. The van der Waals surface area contributed by atoms with E-state index in [1.807, 2.05) is 42.5 Å². The molecule has 1 heterocycles. The zero-order chi connectivity index (χ0) is 27.5. The Hall–Kier alpha value is -4.89. The van der Waals surface area contributed by atoms with Crippen molar-refractivity contribution in [2.24, 2.45) is 5.92 Å². The van der Waals surface area contributed by atoms with Gasteiger partial charge in [0.15, 0.2) is 17.3 Å². The number of aromatic nitrogens is 3. The van der Waals surface area contributed by atoms with Crippen molar-refractivity contribution in [1.82, 2.24) is 15.2 Å². The number of aliphatic hydroxyl groups excluding tert-OH is 1. The molecule has 2 N–H and O–H groups in total. The molecule has 0 radical (unpaired) electrons. The molecule has 2 unspecified atom stereocenters. The topological polar surface area (TPSA) is 130 Å². The lowest BCUT2D eigenvalue weighted by molar-refractivity contribution is -0.122. The van der Waals surface area contributed by atoms with Gasteiger partial charge in [0.1, 0.15) is 12.1 Å². The van der Waals surface area contributed by atoms with Crippen LogP contribution >= 0.6 is 0 Å². The second-order valence-corrected chi connectivity index (χ2v) is 9.06. The molecule has 0 amide bonds. The lowest BCUT2D eigenvalue weighted by Crippen LogP contribution is -2.35. The van der Waals surface area contributed by atoms with Gasteiger partial charge in [-0.25, -0.2) is 14.2 Å². The highest BCUT2D eigenvalue weighted by atomic mass is 19.1. The van der Waals surface area contributed by atoms with E-state index in [2.05, 4.69) is 15.2 Å². The van der Waals surface area contributed by atoms with Crippen molar-refractivity contribution in [3.05, 3.63) is 122 Å². The summed E-state index contributed by atoms with van der Waals surface area (Å²) in [6.07, 6.45) is 6.09. The molecule has 39 heavy (non-hydrogen) atoms. The Morgan fingerprint density at radius 2 is 1.72 bits per heavy atom. The fourth-order valence-electron chi connectivity index (χ4n) is 5.02. The van der Waals surface area contributed by atoms with Gasteiger partial charge in [-0.3, -0.25) is 9.59 Å². The van der Waals surface area contributed by atoms with Crippen LogP contribution in [-0.4, -0.2) is 49.5 Å². The molecule has 3 aromatic carbocycles. The van der Waals surface area contributed by atoms with Gasteiger partial charge in [0.25, 0.3) is 0 Å². The molecular formula is C30H22FN3O5. The molecule has 194 valence electrons. The van der Waals surface area contributed by atoms with Crippen molar-refractivity contribution in [3.8, 4) is 0 Å². The zero-order valence-corrected chi connectivity index (χ0v) is 20.5. The van der Waals surface area contributed by atoms with Crippen LogP contribution in [0.5, 0.6) is 0 Å². The van der Waals surface area contributed by atoms with Crippen LogP contribution in [0.2, 0.25) is 0 Å². The van der Waals surface area contributed by atoms with E-state index in [1.165, 1.54) is 18.5 Å². The molecule has 9 heteroatoms. The summed E-state index contributed by atoms with van der Waals surface area (Å²) in [7, 11) is 0. The van der Waals surface area contributed by atoms with E-state index in [4.69, 9.17) is 5.11 Å². The number of rotatable bonds is 4. The SMILES string of the molecule is O=C(O)c1cncnn1.O=C1C=c2ccccc2=c2ccc3c(c21)C(c1ccc(F)cc1)C(=O)C(CCO)C=3. The van der Waals surface area contributed by atoms with Gasteiger partial charge < -0.3 is 10.2 Å². The van der Waals surface area contributed by atoms with Crippen LogP contribution in [0.4, 0.5) is 4.39 Å². The standard InChI is InChI=1S/C26H19FO3.C4H3N3O2/c27-19-8-5-15(6-9-19)24-23-17(13-18(11-12-28)26(24)30)7-10-21-20-4-2-1-3-16(20)14-22(29)25(21)23;8-4(9)3-1-5-2-6-7-3/h1-10,13-14,18,24,28H,11-12H2;1-2H,(H,8,9). The summed E-state index contributed by atoms with van der Waals surface area (Å²) in [6.45, 7) is -0.108. The number of aliphatic hydroxyl groups is 1. The summed E-state index contributed by atoms with van der Waals surface area (Å²) in [5.41, 5.74) is 1.72. The minimum atomic E-state index is -1.12. The van der Waals surface area contributed by atoms with E-state index in [0.717, 1.165) is 27.1 Å². The number of carbonyl (C=O) groups is 3. The molecule has 0 aliphatic heterocycles. The molecule has 0 saturated carbocycles. The summed E-state index contributed by atoms with van der Waals surface area (Å²) in [6, 6.07) is 17.4. The van der Waals surface area contributed by atoms with Crippen LogP contribution in [0.25, 0.3) is 12.2 Å². The Morgan fingerprint density at radius 3 is 2.38 bits per heavy atom. The maximum absolute atomic E-state index is 13.6. The van der Waals surface area contributed by atoms with Gasteiger partial charge in [-0.05, 0) is 56.6 Å². The van der Waals surface area contributed by atoms with E-state index in [-0.39, 0.29) is 29.7 Å². The van der Waals surface area contributed by atoms with Crippen LogP contribution in [-0.2, 0) is 4.79 Å². The van der Waals surface area contributed by atoms with Gasteiger partial charge in [-0.15, -0.1) is 10.2 Å². The average Bonchev–Trinajstić information content (AvgIpc) is 2.95. The second-order valence-electron chi connectivity index (χ2n) is 9.06. The highest BCUT2D eigenvalue weighted by Gasteiger charge is 2.35. The number of carboxylic acid groups (broad SMARTS) is 1. The van der Waals surface area contributed by atoms with Crippen molar-refractivity contribution in [2.45, 2.75) is 12.3 Å². The number of hydrogen-bond acceptors (Lipinski definition) is 7. The number of Topliss-reactive ketones (excluding diaryl/α,β-unsaturated/α-hetero) is 2. The van der Waals surface area contributed by atoms with Gasteiger partial charge in [0.2, 0.25) is 0 Å². The van der Waals surface area contributed by atoms with Crippen LogP contribution < -0.4 is 10.4 Å². The van der Waals surface area contributed by atoms with Gasteiger partial charge in [-0.2, -0.15) is 0 Å². The van der Waals surface area contributed by atoms with E-state index in [9.17, 15) is 23.9 Å². The maximum Gasteiger partial charge on any atom is 0.358 e. The fraction of sp³-hybridized carbons (Fsp3) is 0.133. The van der Waals surface area contributed by atoms with Gasteiger partial charge in [0, 0.05) is 18.1 Å². The van der Waals surface area contributed by atoms with Crippen molar-refractivity contribution >= 4 is 29.7 Å². The number of carbonyl (C=O) groups excluding carboxylic acids is 2. The largest absolute Gasteiger partial charge is 0.476 e. The van der Waals surface area contributed by atoms with Crippen molar-refractivity contribution < 1.29 is 29.0 Å². The number of ketones is 2. The molecule has 2 aliphatic carbocycles. The minimum Gasteiger partial charge on any atom is -0.476 e. The highest BCUT2D eigenvalue weighted by molar-refractivity contribution is 6.19. The predicted molar refractivity (Wildman–Crippen MR) is 138 cm³/mol. The van der Waals surface area contributed by atoms with Crippen molar-refractivity contribution in [2.75, 3.05) is 6.61 Å². The minimum absolute atomic E-state index is 0.0804. The Labute approximate surface area is 221 Å². The van der Waals surface area contributed by atoms with Gasteiger partial charge >= 0.3 is 5.97 Å². The van der Waals surface area contributed by atoms with Crippen LogP contribution in [0, 0.1) is 22.2 Å². The third-order valence-corrected chi connectivity index (χ3v) is 6.73. The molecule has 8 nitrogen and oxygen atoms in total. The fourth-order valence-corrected chi connectivity index (χ4v) is 5.02. The third kappa shape index (κ3) is 4.99. The molecule has 6 rings (SSSR count). The normalized spacial score (nSPS) is 16.9. The Morgan fingerprint density at radius 1 is 0.949 bits per heavy atom. The summed E-state index contributed by atoms with van der Waals surface area (Å²) >= 11 is 0. The Balaban J connectivity index is 0.000000292. The number of aromatic carboxylic acids is 1. The van der Waals surface area contributed by atoms with E-state index in [1.54, 1.807) is 18.2 Å². The summed E-state index contributed by atoms with van der Waals surface area (Å²) in [5.74, 6) is -2.84. The molecule has 2 aliphatic rings. The maximum atomic E-state index is 13.6. The monoisotopic (exact) mass is 523 g/mol.